The molecule has 0 aliphatic carbocycles. The van der Waals surface area contributed by atoms with Crippen molar-refractivity contribution in [3.63, 3.8) is 0 Å². The molecule has 4 rings (SSSR count). The number of nitrogens with zero attached hydrogens (tertiary/aromatic N) is 1. The first-order valence-electron chi connectivity index (χ1n) is 9.23. The summed E-state index contributed by atoms with van der Waals surface area (Å²) in [6.45, 7) is 0.394. The maximum atomic E-state index is 13.1. The predicted molar refractivity (Wildman–Crippen MR) is 110 cm³/mol. The topological polar surface area (TPSA) is 66.5 Å². The largest absolute Gasteiger partial charge is 0.322 e. The van der Waals surface area contributed by atoms with Gasteiger partial charge in [-0.05, 0) is 73.0 Å². The van der Waals surface area contributed by atoms with Crippen molar-refractivity contribution >= 4 is 27.3 Å². The van der Waals surface area contributed by atoms with Crippen LogP contribution in [-0.4, -0.2) is 20.9 Å². The zero-order valence-electron chi connectivity index (χ0n) is 15.5. The second kappa shape index (κ2) is 7.67. The predicted octanol–water partition coefficient (Wildman–Crippen LogP) is 4.22. The second-order valence-corrected chi connectivity index (χ2v) is 8.66. The number of sulfonamides is 1. The number of carbonyl (C=O) groups is 1. The monoisotopic (exact) mass is 410 g/mol. The van der Waals surface area contributed by atoms with Crippen molar-refractivity contribution in [2.24, 2.45) is 0 Å². The molecule has 0 bridgehead atoms. The van der Waals surface area contributed by atoms with Gasteiger partial charge in [0.15, 0.2) is 0 Å². The Hall–Kier alpha value is -3.19. The van der Waals surface area contributed by atoms with Gasteiger partial charge in [-0.2, -0.15) is 0 Å². The summed E-state index contributed by atoms with van der Waals surface area (Å²) in [5.41, 5.74) is 2.32. The normalized spacial score (nSPS) is 13.6. The fraction of sp³-hybridized carbons (Fsp3) is 0.136. The number of halogens is 1. The van der Waals surface area contributed by atoms with Crippen LogP contribution < -0.4 is 9.62 Å². The number of nitrogens with one attached hydrogen (secondary N) is 1. The highest BCUT2D eigenvalue weighted by Crippen LogP contribution is 2.32. The summed E-state index contributed by atoms with van der Waals surface area (Å²) in [6, 6.07) is 18.8. The van der Waals surface area contributed by atoms with E-state index in [2.05, 4.69) is 5.32 Å². The summed E-state index contributed by atoms with van der Waals surface area (Å²) in [4.78, 5) is 12.8. The molecule has 0 spiro atoms. The van der Waals surface area contributed by atoms with Gasteiger partial charge in [-0.3, -0.25) is 9.10 Å². The third-order valence-electron chi connectivity index (χ3n) is 4.85. The molecular weight excluding hydrogens is 391 g/mol. The molecule has 1 heterocycles. The van der Waals surface area contributed by atoms with Crippen LogP contribution in [0.15, 0.2) is 77.7 Å². The number of hydrogen-bond acceptors (Lipinski definition) is 3. The summed E-state index contributed by atoms with van der Waals surface area (Å²) < 4.78 is 40.5. The van der Waals surface area contributed by atoms with Crippen LogP contribution in [0, 0.1) is 5.82 Å². The van der Waals surface area contributed by atoms with E-state index in [9.17, 15) is 17.6 Å². The van der Waals surface area contributed by atoms with Crippen LogP contribution in [0.25, 0.3) is 0 Å². The minimum atomic E-state index is -3.66. The Morgan fingerprint density at radius 2 is 1.69 bits per heavy atom. The molecule has 1 amide bonds. The lowest BCUT2D eigenvalue weighted by Gasteiger charge is -2.30. The van der Waals surface area contributed by atoms with Gasteiger partial charge >= 0.3 is 0 Å². The van der Waals surface area contributed by atoms with Crippen LogP contribution in [0.5, 0.6) is 0 Å². The molecule has 0 unspecified atom stereocenters. The maximum absolute atomic E-state index is 13.1. The number of hydrogen-bond donors (Lipinski definition) is 1. The zero-order valence-corrected chi connectivity index (χ0v) is 16.3. The Balaban J connectivity index is 1.62. The second-order valence-electron chi connectivity index (χ2n) is 6.80. The highest BCUT2D eigenvalue weighted by atomic mass is 32.2. The third kappa shape index (κ3) is 3.86. The summed E-state index contributed by atoms with van der Waals surface area (Å²) in [7, 11) is -3.66. The number of fused-ring (bicyclic) bond motifs is 1. The van der Waals surface area contributed by atoms with Gasteiger partial charge in [-0.1, -0.05) is 18.2 Å². The van der Waals surface area contributed by atoms with E-state index in [0.29, 0.717) is 36.3 Å². The number of rotatable bonds is 4. The van der Waals surface area contributed by atoms with E-state index in [1.807, 2.05) is 0 Å². The Morgan fingerprint density at radius 1 is 0.966 bits per heavy atom. The SMILES string of the molecule is O=C(Nc1ccc(F)cc1)c1ccc2c(c1)CCCN2S(=O)(=O)c1ccccc1. The molecule has 0 saturated heterocycles. The van der Waals surface area contributed by atoms with Gasteiger partial charge in [-0.15, -0.1) is 0 Å². The first-order chi connectivity index (χ1) is 13.9. The molecule has 1 N–H and O–H groups in total. The summed E-state index contributed by atoms with van der Waals surface area (Å²) >= 11 is 0. The number of amides is 1. The lowest BCUT2D eigenvalue weighted by Crippen LogP contribution is -2.35. The fourth-order valence-corrected chi connectivity index (χ4v) is 4.97. The van der Waals surface area contributed by atoms with E-state index in [1.54, 1.807) is 48.5 Å². The maximum Gasteiger partial charge on any atom is 0.264 e. The average molecular weight is 410 g/mol. The molecule has 0 fully saturated rings. The highest BCUT2D eigenvalue weighted by molar-refractivity contribution is 7.92. The third-order valence-corrected chi connectivity index (χ3v) is 6.68. The van der Waals surface area contributed by atoms with Crippen LogP contribution in [0.3, 0.4) is 0 Å². The van der Waals surface area contributed by atoms with Crippen molar-refractivity contribution in [3.8, 4) is 0 Å². The van der Waals surface area contributed by atoms with E-state index < -0.39 is 10.0 Å². The highest BCUT2D eigenvalue weighted by Gasteiger charge is 2.29. The Labute approximate surface area is 168 Å². The fourth-order valence-electron chi connectivity index (χ4n) is 3.41. The summed E-state index contributed by atoms with van der Waals surface area (Å²) in [5.74, 6) is -0.709. The first kappa shape index (κ1) is 19.1. The Kier molecular flexibility index (Phi) is 5.07. The van der Waals surface area contributed by atoms with Crippen molar-refractivity contribution in [3.05, 3.63) is 89.7 Å². The van der Waals surface area contributed by atoms with Crippen molar-refractivity contribution in [2.45, 2.75) is 17.7 Å². The van der Waals surface area contributed by atoms with E-state index in [0.717, 1.165) is 5.56 Å². The van der Waals surface area contributed by atoms with Gasteiger partial charge in [0.2, 0.25) is 0 Å². The molecule has 3 aromatic carbocycles. The summed E-state index contributed by atoms with van der Waals surface area (Å²) in [6.07, 6.45) is 1.36. The van der Waals surface area contributed by atoms with Gasteiger partial charge < -0.3 is 5.32 Å². The molecule has 29 heavy (non-hydrogen) atoms. The standard InChI is InChI=1S/C22H19FN2O3S/c23-18-9-11-19(12-10-18)24-22(26)17-8-13-21-16(15-17)5-4-14-25(21)29(27,28)20-6-2-1-3-7-20/h1-3,6-13,15H,4-5,14H2,(H,24,26). The van der Waals surface area contributed by atoms with E-state index in [4.69, 9.17) is 0 Å². The quantitative estimate of drug-likeness (QED) is 0.700. The number of carbonyl (C=O) groups excluding carboxylic acids is 1. The van der Waals surface area contributed by atoms with Gasteiger partial charge in [0.25, 0.3) is 15.9 Å². The Morgan fingerprint density at radius 3 is 2.41 bits per heavy atom. The van der Waals surface area contributed by atoms with Crippen LogP contribution >= 0.6 is 0 Å². The van der Waals surface area contributed by atoms with Crippen molar-refractivity contribution in [1.29, 1.82) is 0 Å². The van der Waals surface area contributed by atoms with Crippen molar-refractivity contribution in [2.75, 3.05) is 16.2 Å². The number of benzene rings is 3. The lowest BCUT2D eigenvalue weighted by atomic mass is 10.0. The zero-order chi connectivity index (χ0) is 20.4. The summed E-state index contributed by atoms with van der Waals surface area (Å²) in [5, 5.41) is 2.72. The van der Waals surface area contributed by atoms with E-state index >= 15 is 0 Å². The van der Waals surface area contributed by atoms with Crippen LogP contribution in [0.1, 0.15) is 22.3 Å². The van der Waals surface area contributed by atoms with Crippen LogP contribution in [-0.2, 0) is 16.4 Å². The molecule has 1 aliphatic heterocycles. The van der Waals surface area contributed by atoms with Gasteiger partial charge in [0.1, 0.15) is 5.82 Å². The van der Waals surface area contributed by atoms with Crippen molar-refractivity contribution < 1.29 is 17.6 Å². The minimum absolute atomic E-state index is 0.242. The van der Waals surface area contributed by atoms with Crippen molar-refractivity contribution in [1.82, 2.24) is 0 Å². The smallest absolute Gasteiger partial charge is 0.264 e. The Bertz CT molecular complexity index is 1150. The van der Waals surface area contributed by atoms with Gasteiger partial charge in [0.05, 0.1) is 10.6 Å². The molecule has 0 atom stereocenters. The van der Waals surface area contributed by atoms with Crippen LogP contribution in [0.2, 0.25) is 0 Å². The number of anilines is 2. The minimum Gasteiger partial charge on any atom is -0.322 e. The molecule has 7 heteroatoms. The molecule has 0 saturated carbocycles. The molecule has 0 aromatic heterocycles. The van der Waals surface area contributed by atoms with E-state index in [-0.39, 0.29) is 16.6 Å². The molecule has 148 valence electrons. The molecule has 0 radical (unpaired) electrons. The van der Waals surface area contributed by atoms with E-state index in [1.165, 1.54) is 28.6 Å². The number of aryl methyl sites for hydroxylation is 1. The lowest BCUT2D eigenvalue weighted by molar-refractivity contribution is 0.102. The van der Waals surface area contributed by atoms with Crippen LogP contribution in [0.4, 0.5) is 15.8 Å². The average Bonchev–Trinajstić information content (AvgIpc) is 2.75. The first-order valence-corrected chi connectivity index (χ1v) is 10.7. The molecular formula is C22H19FN2O3S. The molecule has 1 aliphatic rings. The molecule has 3 aromatic rings. The molecule has 5 nitrogen and oxygen atoms in total. The van der Waals surface area contributed by atoms with Gasteiger partial charge in [-0.25, -0.2) is 12.8 Å². The van der Waals surface area contributed by atoms with Gasteiger partial charge in [0, 0.05) is 17.8 Å².